The maximum absolute atomic E-state index is 13.8. The monoisotopic (exact) mass is 276 g/mol. The average molecular weight is 276 g/mol. The second-order valence-corrected chi connectivity index (χ2v) is 4.59. The number of carbonyl (C=O) groups excluding carboxylic acids is 1. The summed E-state index contributed by atoms with van der Waals surface area (Å²) in [6.07, 6.45) is 0. The highest BCUT2D eigenvalue weighted by Crippen LogP contribution is 2.22. The van der Waals surface area contributed by atoms with E-state index >= 15 is 0 Å². The molecule has 2 aromatic rings. The number of benzene rings is 2. The molecule has 0 aliphatic heterocycles. The van der Waals surface area contributed by atoms with Gasteiger partial charge in [0.2, 0.25) is 0 Å². The standard InChI is InChI=1S/C16H14F2O2/c1-9-6-11(20-3)4-5-12(9)16(19)13-7-10(2)14(17)8-15(13)18/h4-8H,1-3H3. The maximum atomic E-state index is 13.8. The minimum atomic E-state index is -0.853. The van der Waals surface area contributed by atoms with E-state index in [9.17, 15) is 13.6 Å². The second-order valence-electron chi connectivity index (χ2n) is 4.59. The molecule has 0 amide bonds. The summed E-state index contributed by atoms with van der Waals surface area (Å²) in [4.78, 5) is 12.3. The van der Waals surface area contributed by atoms with E-state index in [-0.39, 0.29) is 11.1 Å². The predicted octanol–water partition coefficient (Wildman–Crippen LogP) is 3.82. The summed E-state index contributed by atoms with van der Waals surface area (Å²) < 4.78 is 32.1. The zero-order valence-electron chi connectivity index (χ0n) is 11.5. The van der Waals surface area contributed by atoms with Crippen LogP contribution in [0.4, 0.5) is 8.78 Å². The van der Waals surface area contributed by atoms with Crippen LogP contribution in [0.25, 0.3) is 0 Å². The Kier molecular flexibility index (Phi) is 3.84. The number of hydrogen-bond donors (Lipinski definition) is 0. The first-order chi connectivity index (χ1) is 9.43. The first-order valence-electron chi connectivity index (χ1n) is 6.09. The molecule has 0 saturated carbocycles. The summed E-state index contributed by atoms with van der Waals surface area (Å²) in [5.74, 6) is -1.36. The maximum Gasteiger partial charge on any atom is 0.196 e. The molecule has 104 valence electrons. The van der Waals surface area contributed by atoms with Crippen LogP contribution in [0.5, 0.6) is 5.75 Å². The molecule has 0 bridgehead atoms. The molecule has 0 aliphatic rings. The van der Waals surface area contributed by atoms with Crippen LogP contribution in [0.3, 0.4) is 0 Å². The zero-order chi connectivity index (χ0) is 14.9. The van der Waals surface area contributed by atoms with E-state index in [1.807, 2.05) is 0 Å². The number of aryl methyl sites for hydroxylation is 2. The largest absolute Gasteiger partial charge is 0.497 e. The Labute approximate surface area is 116 Å². The van der Waals surface area contributed by atoms with Gasteiger partial charge in [0.05, 0.1) is 12.7 Å². The van der Waals surface area contributed by atoms with Crippen molar-refractivity contribution in [2.75, 3.05) is 7.11 Å². The SMILES string of the molecule is COc1ccc(C(=O)c2cc(C)c(F)cc2F)c(C)c1. The lowest BCUT2D eigenvalue weighted by molar-refractivity contribution is 0.103. The lowest BCUT2D eigenvalue weighted by Gasteiger charge is -2.09. The number of ketones is 1. The average Bonchev–Trinajstić information content (AvgIpc) is 2.42. The molecule has 0 unspecified atom stereocenters. The molecule has 0 aliphatic carbocycles. The zero-order valence-corrected chi connectivity index (χ0v) is 11.5. The van der Waals surface area contributed by atoms with Crippen LogP contribution in [-0.4, -0.2) is 12.9 Å². The van der Waals surface area contributed by atoms with Gasteiger partial charge in [-0.2, -0.15) is 0 Å². The van der Waals surface area contributed by atoms with E-state index in [4.69, 9.17) is 4.74 Å². The van der Waals surface area contributed by atoms with Crippen molar-refractivity contribution in [2.24, 2.45) is 0 Å². The third-order valence-electron chi connectivity index (χ3n) is 3.17. The molecule has 0 spiro atoms. The van der Waals surface area contributed by atoms with Crippen LogP contribution in [0.2, 0.25) is 0 Å². The molecule has 0 atom stereocenters. The van der Waals surface area contributed by atoms with Crippen LogP contribution in [0.1, 0.15) is 27.0 Å². The molecule has 2 rings (SSSR count). The van der Waals surface area contributed by atoms with Crippen molar-refractivity contribution >= 4 is 5.78 Å². The highest BCUT2D eigenvalue weighted by Gasteiger charge is 2.18. The number of methoxy groups -OCH3 is 1. The molecular weight excluding hydrogens is 262 g/mol. The van der Waals surface area contributed by atoms with E-state index in [1.165, 1.54) is 20.1 Å². The molecule has 0 radical (unpaired) electrons. The van der Waals surface area contributed by atoms with Crippen LogP contribution in [-0.2, 0) is 0 Å². The predicted molar refractivity (Wildman–Crippen MR) is 72.3 cm³/mol. The summed E-state index contributed by atoms with van der Waals surface area (Å²) in [5.41, 5.74) is 1.16. The highest BCUT2D eigenvalue weighted by atomic mass is 19.1. The molecule has 4 heteroatoms. The Hall–Kier alpha value is -2.23. The number of rotatable bonds is 3. The summed E-state index contributed by atoms with van der Waals surface area (Å²) in [7, 11) is 1.53. The third-order valence-corrected chi connectivity index (χ3v) is 3.17. The summed E-state index contributed by atoms with van der Waals surface area (Å²) in [5, 5.41) is 0. The van der Waals surface area contributed by atoms with Gasteiger partial charge in [0, 0.05) is 11.6 Å². The molecular formula is C16H14F2O2. The fraction of sp³-hybridized carbons (Fsp3) is 0.188. The Morgan fingerprint density at radius 2 is 1.65 bits per heavy atom. The van der Waals surface area contributed by atoms with E-state index in [0.29, 0.717) is 16.9 Å². The van der Waals surface area contributed by atoms with Gasteiger partial charge in [-0.05, 0) is 49.2 Å². The van der Waals surface area contributed by atoms with Crippen molar-refractivity contribution in [3.05, 3.63) is 64.2 Å². The second kappa shape index (κ2) is 5.41. The van der Waals surface area contributed by atoms with Crippen molar-refractivity contribution < 1.29 is 18.3 Å². The Balaban J connectivity index is 2.49. The summed E-state index contributed by atoms with van der Waals surface area (Å²) in [6.45, 7) is 3.23. The van der Waals surface area contributed by atoms with Gasteiger partial charge in [-0.1, -0.05) is 0 Å². The van der Waals surface area contributed by atoms with Gasteiger partial charge in [0.1, 0.15) is 17.4 Å². The third kappa shape index (κ3) is 2.54. The van der Waals surface area contributed by atoms with Gasteiger partial charge < -0.3 is 4.74 Å². The summed E-state index contributed by atoms with van der Waals surface area (Å²) >= 11 is 0. The van der Waals surface area contributed by atoms with E-state index < -0.39 is 17.4 Å². The van der Waals surface area contributed by atoms with Crippen molar-refractivity contribution in [3.63, 3.8) is 0 Å². The summed E-state index contributed by atoms with van der Waals surface area (Å²) in [6, 6.07) is 6.88. The van der Waals surface area contributed by atoms with Gasteiger partial charge in [0.15, 0.2) is 5.78 Å². The normalized spacial score (nSPS) is 10.4. The van der Waals surface area contributed by atoms with Gasteiger partial charge in [-0.15, -0.1) is 0 Å². The molecule has 0 aromatic heterocycles. The lowest BCUT2D eigenvalue weighted by Crippen LogP contribution is -2.07. The van der Waals surface area contributed by atoms with Crippen molar-refractivity contribution in [1.82, 2.24) is 0 Å². The smallest absolute Gasteiger partial charge is 0.196 e. The first-order valence-corrected chi connectivity index (χ1v) is 6.09. The van der Waals surface area contributed by atoms with Gasteiger partial charge >= 0.3 is 0 Å². The molecule has 0 saturated heterocycles. The van der Waals surface area contributed by atoms with Crippen molar-refractivity contribution in [2.45, 2.75) is 13.8 Å². The fourth-order valence-electron chi connectivity index (χ4n) is 1.99. The molecule has 2 nitrogen and oxygen atoms in total. The molecule has 20 heavy (non-hydrogen) atoms. The Morgan fingerprint density at radius 1 is 0.950 bits per heavy atom. The minimum absolute atomic E-state index is 0.128. The van der Waals surface area contributed by atoms with E-state index in [0.717, 1.165) is 6.07 Å². The number of hydrogen-bond acceptors (Lipinski definition) is 2. The van der Waals surface area contributed by atoms with Crippen LogP contribution >= 0.6 is 0 Å². The number of halogens is 2. The first kappa shape index (κ1) is 14.2. The van der Waals surface area contributed by atoms with E-state index in [2.05, 4.69) is 0 Å². The lowest BCUT2D eigenvalue weighted by atomic mass is 9.97. The van der Waals surface area contributed by atoms with Crippen molar-refractivity contribution in [1.29, 1.82) is 0 Å². The van der Waals surface area contributed by atoms with Gasteiger partial charge in [-0.3, -0.25) is 4.79 Å². The quantitative estimate of drug-likeness (QED) is 0.797. The van der Waals surface area contributed by atoms with Gasteiger partial charge in [0.25, 0.3) is 0 Å². The Morgan fingerprint density at radius 3 is 2.25 bits per heavy atom. The van der Waals surface area contributed by atoms with Crippen LogP contribution in [0.15, 0.2) is 30.3 Å². The molecule has 0 fully saturated rings. The Bertz CT molecular complexity index is 678. The molecule has 2 aromatic carbocycles. The molecule has 0 heterocycles. The van der Waals surface area contributed by atoms with Crippen molar-refractivity contribution in [3.8, 4) is 5.75 Å². The topological polar surface area (TPSA) is 26.3 Å². The minimum Gasteiger partial charge on any atom is -0.497 e. The van der Waals surface area contributed by atoms with E-state index in [1.54, 1.807) is 25.1 Å². The molecule has 0 N–H and O–H groups in total. The fourth-order valence-corrected chi connectivity index (χ4v) is 1.99. The van der Waals surface area contributed by atoms with Gasteiger partial charge in [-0.25, -0.2) is 8.78 Å². The number of carbonyl (C=O) groups is 1. The van der Waals surface area contributed by atoms with Crippen LogP contribution < -0.4 is 4.74 Å². The highest BCUT2D eigenvalue weighted by molar-refractivity contribution is 6.10. The van der Waals surface area contributed by atoms with Crippen LogP contribution in [0, 0.1) is 25.5 Å². The number of ether oxygens (including phenoxy) is 1.